The van der Waals surface area contributed by atoms with Crippen LogP contribution in [0.25, 0.3) is 0 Å². The zero-order valence-electron chi connectivity index (χ0n) is 11.8. The van der Waals surface area contributed by atoms with Crippen molar-refractivity contribution in [3.05, 3.63) is 41.2 Å². The number of hydrogen-bond donors (Lipinski definition) is 1. The summed E-state index contributed by atoms with van der Waals surface area (Å²) in [5.74, 6) is 2.85. The van der Waals surface area contributed by atoms with Crippen molar-refractivity contribution in [1.82, 2.24) is 9.97 Å². The average Bonchev–Trinajstić information content (AvgIpc) is 2.36. The van der Waals surface area contributed by atoms with Gasteiger partial charge in [-0.15, -0.1) is 0 Å². The summed E-state index contributed by atoms with van der Waals surface area (Å²) in [6, 6.07) is 8.02. The molecule has 0 aliphatic carbocycles. The van der Waals surface area contributed by atoms with Crippen LogP contribution in [0.15, 0.2) is 24.3 Å². The Morgan fingerprint density at radius 3 is 2.26 bits per heavy atom. The first-order valence-corrected chi connectivity index (χ1v) is 6.36. The molecule has 1 aromatic carbocycles. The van der Waals surface area contributed by atoms with Crippen LogP contribution in [0.3, 0.4) is 0 Å². The van der Waals surface area contributed by atoms with E-state index in [1.165, 1.54) is 5.56 Å². The van der Waals surface area contributed by atoms with Crippen molar-refractivity contribution in [1.29, 1.82) is 0 Å². The zero-order valence-corrected chi connectivity index (χ0v) is 11.8. The van der Waals surface area contributed by atoms with Gasteiger partial charge in [0.25, 0.3) is 0 Å². The molecule has 0 bridgehead atoms. The number of hydrogen-bond acceptors (Lipinski definition) is 4. The van der Waals surface area contributed by atoms with Crippen LogP contribution in [0.2, 0.25) is 0 Å². The van der Waals surface area contributed by atoms with Crippen LogP contribution in [0.1, 0.15) is 36.7 Å². The standard InChI is InChI=1S/C15H19N3O/c1-9(2)12-5-7-13(8-6-12)19-15-10(3)14(16)17-11(4)18-15/h5-9H,1-4H3,(H2,16,17,18). The van der Waals surface area contributed by atoms with E-state index in [2.05, 4.69) is 35.9 Å². The number of anilines is 1. The molecule has 19 heavy (non-hydrogen) atoms. The lowest BCUT2D eigenvalue weighted by molar-refractivity contribution is 0.456. The lowest BCUT2D eigenvalue weighted by atomic mass is 10.0. The molecule has 4 nitrogen and oxygen atoms in total. The Balaban J connectivity index is 2.26. The van der Waals surface area contributed by atoms with Gasteiger partial charge in [-0.1, -0.05) is 26.0 Å². The van der Waals surface area contributed by atoms with E-state index in [0.717, 1.165) is 11.3 Å². The Morgan fingerprint density at radius 1 is 1.05 bits per heavy atom. The second kappa shape index (κ2) is 5.26. The molecule has 0 spiro atoms. The average molecular weight is 257 g/mol. The minimum absolute atomic E-state index is 0.460. The van der Waals surface area contributed by atoms with Crippen molar-refractivity contribution in [2.45, 2.75) is 33.6 Å². The maximum absolute atomic E-state index is 5.81. The minimum atomic E-state index is 0.460. The quantitative estimate of drug-likeness (QED) is 0.912. The van der Waals surface area contributed by atoms with Crippen molar-refractivity contribution in [2.75, 3.05) is 5.73 Å². The molecule has 2 aromatic rings. The molecule has 0 radical (unpaired) electrons. The molecule has 0 saturated heterocycles. The summed E-state index contributed by atoms with van der Waals surface area (Å²) in [6.45, 7) is 7.97. The highest BCUT2D eigenvalue weighted by Gasteiger charge is 2.09. The van der Waals surface area contributed by atoms with E-state index in [4.69, 9.17) is 10.5 Å². The lowest BCUT2D eigenvalue weighted by Gasteiger charge is -2.11. The Hall–Kier alpha value is -2.10. The molecular weight excluding hydrogens is 238 g/mol. The Kier molecular flexibility index (Phi) is 3.69. The molecule has 4 heteroatoms. The summed E-state index contributed by atoms with van der Waals surface area (Å²) in [5.41, 5.74) is 7.85. The van der Waals surface area contributed by atoms with Crippen molar-refractivity contribution in [3.63, 3.8) is 0 Å². The Morgan fingerprint density at radius 2 is 1.68 bits per heavy atom. The second-order valence-corrected chi connectivity index (χ2v) is 4.91. The van der Waals surface area contributed by atoms with Crippen LogP contribution in [0.4, 0.5) is 5.82 Å². The third kappa shape index (κ3) is 3.02. The molecule has 100 valence electrons. The van der Waals surface area contributed by atoms with E-state index in [-0.39, 0.29) is 0 Å². The fraction of sp³-hybridized carbons (Fsp3) is 0.333. The third-order valence-corrected chi connectivity index (χ3v) is 3.01. The van der Waals surface area contributed by atoms with E-state index >= 15 is 0 Å². The maximum Gasteiger partial charge on any atom is 0.227 e. The van der Waals surface area contributed by atoms with Crippen molar-refractivity contribution >= 4 is 5.82 Å². The molecule has 0 saturated carbocycles. The summed E-state index contributed by atoms with van der Waals surface area (Å²) >= 11 is 0. The third-order valence-electron chi connectivity index (χ3n) is 3.01. The lowest BCUT2D eigenvalue weighted by Crippen LogP contribution is -2.02. The van der Waals surface area contributed by atoms with Gasteiger partial charge in [0.15, 0.2) is 0 Å². The van der Waals surface area contributed by atoms with Crippen molar-refractivity contribution in [3.8, 4) is 11.6 Å². The summed E-state index contributed by atoms with van der Waals surface area (Å²) < 4.78 is 5.77. The number of aromatic nitrogens is 2. The SMILES string of the molecule is Cc1nc(N)c(C)c(Oc2ccc(C(C)C)cc2)n1. The molecular formula is C15H19N3O. The van der Waals surface area contributed by atoms with Gasteiger partial charge in [-0.25, -0.2) is 4.98 Å². The number of rotatable bonds is 3. The monoisotopic (exact) mass is 257 g/mol. The molecule has 0 aliphatic heterocycles. The number of nitrogens with zero attached hydrogens (tertiary/aromatic N) is 2. The van der Waals surface area contributed by atoms with Gasteiger partial charge in [-0.3, -0.25) is 0 Å². The molecule has 0 fully saturated rings. The van der Waals surface area contributed by atoms with Crippen LogP contribution in [-0.4, -0.2) is 9.97 Å². The molecule has 0 atom stereocenters. The largest absolute Gasteiger partial charge is 0.439 e. The number of nitrogen functional groups attached to an aromatic ring is 1. The predicted octanol–water partition coefficient (Wildman–Crippen LogP) is 3.59. The first-order chi connectivity index (χ1) is 8.97. The number of benzene rings is 1. The van der Waals surface area contributed by atoms with E-state index in [1.807, 2.05) is 19.1 Å². The van der Waals surface area contributed by atoms with Gasteiger partial charge in [0.05, 0.1) is 5.56 Å². The van der Waals surface area contributed by atoms with Crippen LogP contribution in [0, 0.1) is 13.8 Å². The van der Waals surface area contributed by atoms with Gasteiger partial charge in [-0.2, -0.15) is 4.98 Å². The first-order valence-electron chi connectivity index (χ1n) is 6.36. The predicted molar refractivity (Wildman–Crippen MR) is 76.5 cm³/mol. The van der Waals surface area contributed by atoms with Gasteiger partial charge >= 0.3 is 0 Å². The highest BCUT2D eigenvalue weighted by molar-refractivity contribution is 5.46. The van der Waals surface area contributed by atoms with E-state index < -0.39 is 0 Å². The highest BCUT2D eigenvalue weighted by atomic mass is 16.5. The molecule has 0 aliphatic rings. The van der Waals surface area contributed by atoms with Gasteiger partial charge in [0.2, 0.25) is 5.88 Å². The minimum Gasteiger partial charge on any atom is -0.439 e. The summed E-state index contributed by atoms with van der Waals surface area (Å²) in [6.07, 6.45) is 0. The molecule has 0 amide bonds. The van der Waals surface area contributed by atoms with Gasteiger partial charge in [-0.05, 0) is 37.5 Å². The van der Waals surface area contributed by atoms with Crippen molar-refractivity contribution < 1.29 is 4.74 Å². The van der Waals surface area contributed by atoms with Crippen LogP contribution < -0.4 is 10.5 Å². The van der Waals surface area contributed by atoms with E-state index in [0.29, 0.717) is 23.4 Å². The summed E-state index contributed by atoms with van der Waals surface area (Å²) in [7, 11) is 0. The maximum atomic E-state index is 5.81. The van der Waals surface area contributed by atoms with Crippen molar-refractivity contribution in [2.24, 2.45) is 0 Å². The normalized spacial score (nSPS) is 10.8. The van der Waals surface area contributed by atoms with E-state index in [1.54, 1.807) is 6.92 Å². The Labute approximate surface area is 113 Å². The molecule has 2 N–H and O–H groups in total. The summed E-state index contributed by atoms with van der Waals surface area (Å²) in [5, 5.41) is 0. The topological polar surface area (TPSA) is 61.0 Å². The number of nitrogens with two attached hydrogens (primary N) is 1. The van der Waals surface area contributed by atoms with Crippen LogP contribution >= 0.6 is 0 Å². The zero-order chi connectivity index (χ0) is 14.0. The van der Waals surface area contributed by atoms with Crippen LogP contribution in [-0.2, 0) is 0 Å². The Bertz CT molecular complexity index is 577. The molecule has 1 heterocycles. The fourth-order valence-corrected chi connectivity index (χ4v) is 1.76. The summed E-state index contributed by atoms with van der Waals surface area (Å²) in [4.78, 5) is 8.37. The first kappa shape index (κ1) is 13.3. The molecule has 1 aromatic heterocycles. The molecule has 0 unspecified atom stereocenters. The number of ether oxygens (including phenoxy) is 1. The molecule has 2 rings (SSSR count). The van der Waals surface area contributed by atoms with E-state index in [9.17, 15) is 0 Å². The fourth-order valence-electron chi connectivity index (χ4n) is 1.76. The van der Waals surface area contributed by atoms with Gasteiger partial charge in [0, 0.05) is 0 Å². The number of aryl methyl sites for hydroxylation is 1. The second-order valence-electron chi connectivity index (χ2n) is 4.91. The smallest absolute Gasteiger partial charge is 0.227 e. The van der Waals surface area contributed by atoms with Crippen LogP contribution in [0.5, 0.6) is 11.6 Å². The van der Waals surface area contributed by atoms with Gasteiger partial charge in [0.1, 0.15) is 17.4 Å². The highest BCUT2D eigenvalue weighted by Crippen LogP contribution is 2.26. The van der Waals surface area contributed by atoms with Gasteiger partial charge < -0.3 is 10.5 Å².